The fourth-order valence-electron chi connectivity index (χ4n) is 3.34. The zero-order valence-electron chi connectivity index (χ0n) is 12.9. The van der Waals surface area contributed by atoms with Crippen LogP contribution >= 0.6 is 0 Å². The molecule has 0 bridgehead atoms. The Morgan fingerprint density at radius 2 is 1.90 bits per heavy atom. The molecule has 2 fully saturated rings. The smallest absolute Gasteiger partial charge is 0.234 e. The molecule has 2 rings (SSSR count). The van der Waals surface area contributed by atoms with Crippen LogP contribution in [-0.2, 0) is 9.53 Å². The Labute approximate surface area is 122 Å². The van der Waals surface area contributed by atoms with Crippen molar-refractivity contribution in [1.29, 1.82) is 0 Å². The van der Waals surface area contributed by atoms with E-state index in [1.54, 1.807) is 0 Å². The average molecular weight is 283 g/mol. The van der Waals surface area contributed by atoms with Gasteiger partial charge in [0.05, 0.1) is 6.54 Å². The standard InChI is InChI=1S/C15H29N3O2/c1-18(2)15(7-3-4-8-15)12-16-11-14(19)17-13-5-9-20-10-6-13/h13,16H,3-12H2,1-2H3,(H,17,19). The Bertz CT molecular complexity index is 308. The van der Waals surface area contributed by atoms with E-state index in [2.05, 4.69) is 29.6 Å². The van der Waals surface area contributed by atoms with Crippen LogP contribution in [0.5, 0.6) is 0 Å². The van der Waals surface area contributed by atoms with Crippen molar-refractivity contribution in [3.8, 4) is 0 Å². The summed E-state index contributed by atoms with van der Waals surface area (Å²) in [5, 5.41) is 6.44. The van der Waals surface area contributed by atoms with Crippen LogP contribution in [0, 0.1) is 0 Å². The molecule has 0 radical (unpaired) electrons. The van der Waals surface area contributed by atoms with Crippen molar-refractivity contribution in [2.45, 2.75) is 50.1 Å². The van der Waals surface area contributed by atoms with E-state index < -0.39 is 0 Å². The molecule has 1 aliphatic carbocycles. The van der Waals surface area contributed by atoms with Gasteiger partial charge in [0.25, 0.3) is 0 Å². The highest BCUT2D eigenvalue weighted by molar-refractivity contribution is 5.78. The summed E-state index contributed by atoms with van der Waals surface area (Å²) in [6, 6.07) is 0.298. The van der Waals surface area contributed by atoms with E-state index in [1.807, 2.05) is 0 Å². The maximum Gasteiger partial charge on any atom is 0.234 e. The van der Waals surface area contributed by atoms with Gasteiger partial charge < -0.3 is 20.3 Å². The first-order valence-corrected chi connectivity index (χ1v) is 7.88. The van der Waals surface area contributed by atoms with Gasteiger partial charge in [0.1, 0.15) is 0 Å². The molecule has 5 heteroatoms. The number of amides is 1. The third-order valence-electron chi connectivity index (χ3n) is 4.81. The minimum Gasteiger partial charge on any atom is -0.381 e. The minimum absolute atomic E-state index is 0.115. The lowest BCUT2D eigenvalue weighted by Gasteiger charge is -2.36. The monoisotopic (exact) mass is 283 g/mol. The van der Waals surface area contributed by atoms with E-state index in [-0.39, 0.29) is 11.4 Å². The van der Waals surface area contributed by atoms with Crippen LogP contribution in [-0.4, -0.2) is 62.8 Å². The van der Waals surface area contributed by atoms with Crippen LogP contribution in [0.4, 0.5) is 0 Å². The predicted molar refractivity (Wildman–Crippen MR) is 79.7 cm³/mol. The van der Waals surface area contributed by atoms with Gasteiger partial charge in [-0.15, -0.1) is 0 Å². The van der Waals surface area contributed by atoms with Crippen molar-refractivity contribution in [1.82, 2.24) is 15.5 Å². The summed E-state index contributed by atoms with van der Waals surface area (Å²) in [4.78, 5) is 14.3. The molecule has 2 aliphatic rings. The number of carbonyl (C=O) groups is 1. The summed E-state index contributed by atoms with van der Waals surface area (Å²) in [6.07, 6.45) is 6.94. The van der Waals surface area contributed by atoms with Crippen molar-refractivity contribution in [2.24, 2.45) is 0 Å². The van der Waals surface area contributed by atoms with Crippen LogP contribution < -0.4 is 10.6 Å². The quantitative estimate of drug-likeness (QED) is 0.755. The molecular weight excluding hydrogens is 254 g/mol. The Morgan fingerprint density at radius 3 is 2.50 bits per heavy atom. The first kappa shape index (κ1) is 15.7. The van der Waals surface area contributed by atoms with Crippen LogP contribution in [0.3, 0.4) is 0 Å². The van der Waals surface area contributed by atoms with E-state index in [9.17, 15) is 4.79 Å². The van der Waals surface area contributed by atoms with Crippen molar-refractivity contribution in [3.63, 3.8) is 0 Å². The first-order chi connectivity index (χ1) is 9.62. The fourth-order valence-corrected chi connectivity index (χ4v) is 3.34. The van der Waals surface area contributed by atoms with E-state index >= 15 is 0 Å². The van der Waals surface area contributed by atoms with Gasteiger partial charge in [-0.05, 0) is 39.8 Å². The normalized spacial score (nSPS) is 23.1. The molecule has 1 heterocycles. The summed E-state index contributed by atoms with van der Waals surface area (Å²) in [5.74, 6) is 0.115. The van der Waals surface area contributed by atoms with Crippen molar-refractivity contribution >= 4 is 5.91 Å². The molecule has 1 aliphatic heterocycles. The number of nitrogens with zero attached hydrogens (tertiary/aromatic N) is 1. The molecule has 116 valence electrons. The topological polar surface area (TPSA) is 53.6 Å². The highest BCUT2D eigenvalue weighted by atomic mass is 16.5. The molecule has 2 N–H and O–H groups in total. The van der Waals surface area contributed by atoms with Gasteiger partial charge >= 0.3 is 0 Å². The number of carbonyl (C=O) groups excluding carboxylic acids is 1. The first-order valence-electron chi connectivity index (χ1n) is 7.88. The third-order valence-corrected chi connectivity index (χ3v) is 4.81. The van der Waals surface area contributed by atoms with Gasteiger partial charge in [0, 0.05) is 31.3 Å². The second kappa shape index (κ2) is 7.38. The summed E-state index contributed by atoms with van der Waals surface area (Å²) in [7, 11) is 4.30. The zero-order chi connectivity index (χ0) is 14.4. The molecule has 0 aromatic carbocycles. The highest BCUT2D eigenvalue weighted by Gasteiger charge is 2.35. The summed E-state index contributed by atoms with van der Waals surface area (Å²) in [6.45, 7) is 2.86. The number of ether oxygens (including phenoxy) is 1. The number of hydrogen-bond acceptors (Lipinski definition) is 4. The number of nitrogens with one attached hydrogen (secondary N) is 2. The molecule has 0 aromatic heterocycles. The largest absolute Gasteiger partial charge is 0.381 e. The fraction of sp³-hybridized carbons (Fsp3) is 0.933. The molecule has 1 saturated heterocycles. The molecule has 1 saturated carbocycles. The average Bonchev–Trinajstić information content (AvgIpc) is 2.90. The van der Waals surface area contributed by atoms with E-state index in [1.165, 1.54) is 25.7 Å². The summed E-state index contributed by atoms with van der Waals surface area (Å²) < 4.78 is 5.30. The molecule has 0 atom stereocenters. The van der Waals surface area contributed by atoms with Crippen LogP contribution in [0.25, 0.3) is 0 Å². The molecular formula is C15H29N3O2. The Balaban J connectivity index is 1.67. The van der Waals surface area contributed by atoms with Crippen LogP contribution in [0.2, 0.25) is 0 Å². The van der Waals surface area contributed by atoms with Gasteiger partial charge in [-0.2, -0.15) is 0 Å². The van der Waals surface area contributed by atoms with Crippen LogP contribution in [0.1, 0.15) is 38.5 Å². The number of likely N-dealkylation sites (N-methyl/N-ethyl adjacent to an activating group) is 1. The van der Waals surface area contributed by atoms with E-state index in [4.69, 9.17) is 4.74 Å². The highest BCUT2D eigenvalue weighted by Crippen LogP contribution is 2.32. The van der Waals surface area contributed by atoms with Gasteiger partial charge in [-0.1, -0.05) is 12.8 Å². The lowest BCUT2D eigenvalue weighted by atomic mass is 9.96. The molecule has 1 amide bonds. The van der Waals surface area contributed by atoms with Gasteiger partial charge in [-0.25, -0.2) is 0 Å². The van der Waals surface area contributed by atoms with Crippen molar-refractivity contribution in [3.05, 3.63) is 0 Å². The molecule has 5 nitrogen and oxygen atoms in total. The minimum atomic E-state index is 0.115. The van der Waals surface area contributed by atoms with E-state index in [0.717, 1.165) is 32.6 Å². The molecule has 0 spiro atoms. The van der Waals surface area contributed by atoms with Crippen LogP contribution in [0.15, 0.2) is 0 Å². The predicted octanol–water partition coefficient (Wildman–Crippen LogP) is 0.746. The summed E-state index contributed by atoms with van der Waals surface area (Å²) in [5.41, 5.74) is 0.249. The van der Waals surface area contributed by atoms with Gasteiger partial charge in [0.2, 0.25) is 5.91 Å². The lowest BCUT2D eigenvalue weighted by Crippen LogP contribution is -2.51. The number of hydrogen-bond donors (Lipinski definition) is 2. The second-order valence-corrected chi connectivity index (χ2v) is 6.38. The maximum absolute atomic E-state index is 11.9. The Morgan fingerprint density at radius 1 is 1.25 bits per heavy atom. The molecule has 0 aromatic rings. The maximum atomic E-state index is 11.9. The van der Waals surface area contributed by atoms with Gasteiger partial charge in [0.15, 0.2) is 0 Å². The number of rotatable bonds is 6. The zero-order valence-corrected chi connectivity index (χ0v) is 12.9. The van der Waals surface area contributed by atoms with E-state index in [0.29, 0.717) is 12.6 Å². The lowest BCUT2D eigenvalue weighted by molar-refractivity contribution is -0.121. The van der Waals surface area contributed by atoms with Gasteiger partial charge in [-0.3, -0.25) is 4.79 Å². The summed E-state index contributed by atoms with van der Waals surface area (Å²) >= 11 is 0. The SMILES string of the molecule is CN(C)C1(CNCC(=O)NC2CCOCC2)CCCC1. The van der Waals surface area contributed by atoms with Crippen molar-refractivity contribution < 1.29 is 9.53 Å². The Hall–Kier alpha value is -0.650. The Kier molecular flexibility index (Phi) is 5.81. The molecule has 0 unspecified atom stereocenters. The second-order valence-electron chi connectivity index (χ2n) is 6.38. The van der Waals surface area contributed by atoms with Crippen molar-refractivity contribution in [2.75, 3.05) is 40.4 Å². The molecule has 20 heavy (non-hydrogen) atoms. The third kappa shape index (κ3) is 4.17.